The van der Waals surface area contributed by atoms with Gasteiger partial charge in [0.05, 0.1) is 17.5 Å². The average molecular weight is 610 g/mol. The number of aromatic carboxylic acids is 1. The Balaban J connectivity index is 1.65. The Morgan fingerprint density at radius 3 is 2.51 bits per heavy atom. The zero-order valence-corrected chi connectivity index (χ0v) is 22.1. The van der Waals surface area contributed by atoms with Crippen LogP contribution in [0.2, 0.25) is 0 Å². The number of rotatable bonds is 7. The number of benzene rings is 2. The lowest BCUT2D eigenvalue weighted by atomic mass is 9.72. The highest BCUT2D eigenvalue weighted by Gasteiger charge is 2.44. The van der Waals surface area contributed by atoms with Gasteiger partial charge in [-0.3, -0.25) is 19.3 Å². The highest BCUT2D eigenvalue weighted by Crippen LogP contribution is 2.32. The summed E-state index contributed by atoms with van der Waals surface area (Å²) in [4.78, 5) is 64.3. The van der Waals surface area contributed by atoms with Gasteiger partial charge >= 0.3 is 30.9 Å². The Kier molecular flexibility index (Phi) is 8.79. The minimum Gasteiger partial charge on any atom is -0.534 e. The summed E-state index contributed by atoms with van der Waals surface area (Å²) in [7, 11) is -1.88. The first-order valence-electron chi connectivity index (χ1n) is 12.6. The van der Waals surface area contributed by atoms with Gasteiger partial charge in [0.15, 0.2) is 17.4 Å². The summed E-state index contributed by atoms with van der Waals surface area (Å²) in [5, 5.41) is 33.5. The van der Waals surface area contributed by atoms with Crippen molar-refractivity contribution < 1.29 is 61.4 Å². The van der Waals surface area contributed by atoms with E-state index >= 15 is 0 Å². The van der Waals surface area contributed by atoms with Crippen molar-refractivity contribution in [3.63, 3.8) is 0 Å². The fourth-order valence-corrected chi connectivity index (χ4v) is 4.78. The van der Waals surface area contributed by atoms with E-state index in [1.165, 1.54) is 25.1 Å². The van der Waals surface area contributed by atoms with Crippen molar-refractivity contribution >= 4 is 36.8 Å². The van der Waals surface area contributed by atoms with Crippen LogP contribution in [0.3, 0.4) is 0 Å². The molecule has 13 nitrogen and oxygen atoms in total. The van der Waals surface area contributed by atoms with Crippen LogP contribution >= 0.6 is 0 Å². The number of hydrogen-bond donors (Lipinski definition) is 5. The van der Waals surface area contributed by atoms with Crippen molar-refractivity contribution in [2.45, 2.75) is 31.4 Å². The Labute approximate surface area is 240 Å². The van der Waals surface area contributed by atoms with Gasteiger partial charge in [0.25, 0.3) is 0 Å². The van der Waals surface area contributed by atoms with Gasteiger partial charge < -0.3 is 35.4 Å². The third-order valence-electron chi connectivity index (χ3n) is 6.87. The number of nitrogens with zero attached hydrogens (tertiary/aromatic N) is 2. The first-order valence-corrected chi connectivity index (χ1v) is 12.6. The molecule has 1 saturated heterocycles. The van der Waals surface area contributed by atoms with Gasteiger partial charge in [-0.25, -0.2) is 22.8 Å². The van der Waals surface area contributed by atoms with E-state index in [1.807, 2.05) is 5.32 Å². The van der Waals surface area contributed by atoms with Crippen molar-refractivity contribution in [2.24, 2.45) is 0 Å². The summed E-state index contributed by atoms with van der Waals surface area (Å²) in [5.41, 5.74) is -1.20. The topological polar surface area (TPSA) is 186 Å². The number of amides is 5. The maximum absolute atomic E-state index is 14.9. The van der Waals surface area contributed by atoms with Crippen LogP contribution in [0, 0.1) is 17.5 Å². The van der Waals surface area contributed by atoms with Gasteiger partial charge in [0.1, 0.15) is 18.5 Å². The van der Waals surface area contributed by atoms with Crippen molar-refractivity contribution in [1.29, 1.82) is 0 Å². The molecule has 1 fully saturated rings. The number of imide groups is 1. The van der Waals surface area contributed by atoms with Crippen LogP contribution < -0.4 is 15.3 Å². The molecule has 0 aliphatic carbocycles. The fraction of sp³-hybridized carbons (Fsp3) is 0.320. The molecule has 2 aromatic carbocycles. The minimum absolute atomic E-state index is 0.185. The van der Waals surface area contributed by atoms with Crippen molar-refractivity contribution in [3.05, 3.63) is 58.4 Å². The summed E-state index contributed by atoms with van der Waals surface area (Å²) in [6, 6.07) is -0.633. The van der Waals surface area contributed by atoms with Crippen molar-refractivity contribution in [1.82, 2.24) is 20.4 Å². The second kappa shape index (κ2) is 12.2. The van der Waals surface area contributed by atoms with Crippen LogP contribution in [0.25, 0.3) is 0 Å². The van der Waals surface area contributed by atoms with E-state index < -0.39 is 96.8 Å². The molecule has 2 heterocycles. The predicted molar refractivity (Wildman–Crippen MR) is 136 cm³/mol. The van der Waals surface area contributed by atoms with Crippen molar-refractivity contribution in [2.75, 3.05) is 19.8 Å². The van der Waals surface area contributed by atoms with Crippen LogP contribution in [0.5, 0.6) is 11.5 Å². The normalized spacial score (nSPS) is 19.0. The summed E-state index contributed by atoms with van der Waals surface area (Å²) in [6.45, 7) is -0.395. The summed E-state index contributed by atoms with van der Waals surface area (Å²) in [5.74, 6) is -14.4. The zero-order valence-electron chi connectivity index (χ0n) is 22.1. The minimum atomic E-state index is -2.32. The summed E-state index contributed by atoms with van der Waals surface area (Å²) >= 11 is 0. The first-order chi connectivity index (χ1) is 20.3. The van der Waals surface area contributed by atoms with Gasteiger partial charge in [0.2, 0.25) is 11.7 Å². The molecular weight excluding hydrogens is 587 g/mol. The maximum Gasteiger partial charge on any atom is 0.547 e. The molecule has 5 N–H and O–H groups in total. The standard InChI is InChI=1S/C25H23BF4N4O9/c1-10-9-33(6-5-27)22(37)23(38)34(10)25(41)32-18(13-8-14(28)19(35)17(30)16(13)29)21(36)31-15-7-11-3-2-4-12(24(39)40)20(11)43-26(15)42/h2-4,8,10,15,18,35,42H,5-7,9H2,1H3,(H,31,36)(H,32,41)(H,39,40)/t10?,15-,18?/m0/s1. The second-order valence-corrected chi connectivity index (χ2v) is 9.70. The van der Waals surface area contributed by atoms with Crippen molar-refractivity contribution in [3.8, 4) is 11.5 Å². The van der Waals surface area contributed by atoms with Crippen LogP contribution in [0.1, 0.15) is 34.5 Å². The molecule has 0 spiro atoms. The molecule has 0 aromatic heterocycles. The number of halogens is 4. The number of phenolic OH excluding ortho intramolecular Hbond substituents is 1. The largest absolute Gasteiger partial charge is 0.547 e. The van der Waals surface area contributed by atoms with E-state index in [0.717, 1.165) is 4.90 Å². The van der Waals surface area contributed by atoms with Gasteiger partial charge in [-0.15, -0.1) is 0 Å². The molecule has 2 unspecified atom stereocenters. The van der Waals surface area contributed by atoms with E-state index in [1.54, 1.807) is 0 Å². The van der Waals surface area contributed by atoms with Crippen LogP contribution in [0.15, 0.2) is 24.3 Å². The monoisotopic (exact) mass is 610 g/mol. The molecule has 43 heavy (non-hydrogen) atoms. The number of fused-ring (bicyclic) bond motifs is 1. The lowest BCUT2D eigenvalue weighted by Gasteiger charge is -2.37. The number of piperazine rings is 1. The van der Waals surface area contributed by atoms with Crippen LogP contribution in [-0.4, -0.2) is 93.6 Å². The molecule has 2 aliphatic rings. The third-order valence-corrected chi connectivity index (χ3v) is 6.87. The highest BCUT2D eigenvalue weighted by atomic mass is 19.2. The van der Waals surface area contributed by atoms with Crippen LogP contribution in [0.4, 0.5) is 22.4 Å². The molecule has 5 amide bonds. The molecular formula is C25H23BF4N4O9. The number of carbonyl (C=O) groups is 5. The van der Waals surface area contributed by atoms with E-state index in [4.69, 9.17) is 4.65 Å². The number of carbonyl (C=O) groups excluding carboxylic acids is 4. The quantitative estimate of drug-likeness (QED) is 0.128. The molecule has 18 heteroatoms. The number of para-hydroxylation sites is 1. The maximum atomic E-state index is 14.9. The number of nitrogens with one attached hydrogen (secondary N) is 2. The Morgan fingerprint density at radius 1 is 1.16 bits per heavy atom. The molecule has 0 bridgehead atoms. The number of carboxylic acids is 1. The number of aromatic hydroxyl groups is 1. The lowest BCUT2D eigenvalue weighted by molar-refractivity contribution is -0.156. The van der Waals surface area contributed by atoms with Gasteiger partial charge in [0, 0.05) is 18.7 Å². The van der Waals surface area contributed by atoms with E-state index in [-0.39, 0.29) is 35.9 Å². The number of urea groups is 1. The Bertz CT molecular complexity index is 1510. The zero-order chi connectivity index (χ0) is 31.7. The molecule has 2 aliphatic heterocycles. The predicted octanol–water partition coefficient (Wildman–Crippen LogP) is 0.427. The molecule has 4 rings (SSSR count). The van der Waals surface area contributed by atoms with Gasteiger partial charge in [-0.1, -0.05) is 12.1 Å². The number of alkyl halides is 1. The Hall–Kier alpha value is -4.87. The van der Waals surface area contributed by atoms with E-state index in [2.05, 4.69) is 5.32 Å². The SMILES string of the molecule is CC1CN(CCF)C(=O)C(=O)N1C(=O)NC(C(=O)N[C@H]1Cc2cccc(C(=O)O)c2OB1O)c1cc(F)c(O)c(F)c1F. The number of phenols is 1. The lowest BCUT2D eigenvalue weighted by Crippen LogP contribution is -2.63. The molecule has 3 atom stereocenters. The first kappa shape index (κ1) is 31.1. The molecule has 2 aromatic rings. The molecule has 0 saturated carbocycles. The summed E-state index contributed by atoms with van der Waals surface area (Å²) < 4.78 is 61.5. The van der Waals surface area contributed by atoms with Gasteiger partial charge in [-0.2, -0.15) is 4.39 Å². The third kappa shape index (κ3) is 5.90. The van der Waals surface area contributed by atoms with E-state index in [9.17, 15) is 56.8 Å². The highest BCUT2D eigenvalue weighted by molar-refractivity contribution is 6.47. The van der Waals surface area contributed by atoms with Crippen LogP contribution in [-0.2, 0) is 20.8 Å². The van der Waals surface area contributed by atoms with Gasteiger partial charge in [-0.05, 0) is 31.0 Å². The smallest absolute Gasteiger partial charge is 0.534 e. The molecule has 0 radical (unpaired) electrons. The molecule has 228 valence electrons. The fourth-order valence-electron chi connectivity index (χ4n) is 4.78. The second-order valence-electron chi connectivity index (χ2n) is 9.70. The summed E-state index contributed by atoms with van der Waals surface area (Å²) in [6.07, 6.45) is -0.245. The number of hydrogen-bond acceptors (Lipinski definition) is 8. The number of carboxylic acid groups (broad SMARTS) is 1. The van der Waals surface area contributed by atoms with E-state index in [0.29, 0.717) is 4.90 Å². The average Bonchev–Trinajstić information content (AvgIpc) is 2.95. The Morgan fingerprint density at radius 2 is 1.86 bits per heavy atom.